The molecule has 0 aromatic rings. The molecule has 0 aliphatic carbocycles. The number of hydrogen-bond donors (Lipinski definition) is 1. The molecule has 3 saturated heterocycles. The molecule has 0 radical (unpaired) electrons. The van der Waals surface area contributed by atoms with Gasteiger partial charge in [-0.1, -0.05) is 45.4 Å². The third-order valence-electron chi connectivity index (χ3n) is 4.22. The van der Waals surface area contributed by atoms with Crippen molar-refractivity contribution in [3.8, 4) is 0 Å². The van der Waals surface area contributed by atoms with Crippen molar-refractivity contribution in [1.82, 2.24) is 0 Å². The van der Waals surface area contributed by atoms with Gasteiger partial charge in [0, 0.05) is 6.42 Å². The Bertz CT molecular complexity index is 242. The van der Waals surface area contributed by atoms with Crippen LogP contribution < -0.4 is 0 Å². The van der Waals surface area contributed by atoms with Crippen LogP contribution in [0.15, 0.2) is 0 Å². The Balaban J connectivity index is 1.59. The lowest BCUT2D eigenvalue weighted by Crippen LogP contribution is -2.61. The predicted molar refractivity (Wildman–Crippen MR) is 72.7 cm³/mol. The Morgan fingerprint density at radius 1 is 0.842 bits per heavy atom. The fraction of sp³-hybridized carbons (Fsp3) is 1.00. The first-order valence-electron chi connectivity index (χ1n) is 7.77. The fourth-order valence-electron chi connectivity index (χ4n) is 2.69. The molecule has 112 valence electrons. The van der Waals surface area contributed by atoms with Crippen LogP contribution in [0.1, 0.15) is 58.3 Å². The van der Waals surface area contributed by atoms with Gasteiger partial charge in [-0.25, -0.2) is 0 Å². The normalized spacial score (nSPS) is 33.8. The second-order valence-electron chi connectivity index (χ2n) is 6.08. The Labute approximate surface area is 116 Å². The summed E-state index contributed by atoms with van der Waals surface area (Å²) < 4.78 is 17.1. The van der Waals surface area contributed by atoms with Gasteiger partial charge in [-0.3, -0.25) is 0 Å². The average Bonchev–Trinajstić information content (AvgIpc) is 2.48. The van der Waals surface area contributed by atoms with Crippen molar-refractivity contribution in [3.05, 3.63) is 0 Å². The molecule has 3 heterocycles. The summed E-state index contributed by atoms with van der Waals surface area (Å²) >= 11 is 0. The average molecular weight is 272 g/mol. The number of unbranched alkanes of at least 4 members (excludes halogenated alkanes) is 6. The minimum Gasteiger partial charge on any atom is -0.396 e. The van der Waals surface area contributed by atoms with Crippen molar-refractivity contribution < 1.29 is 19.3 Å². The summed E-state index contributed by atoms with van der Waals surface area (Å²) in [7, 11) is 0. The highest BCUT2D eigenvalue weighted by atomic mass is 16.9. The van der Waals surface area contributed by atoms with Crippen LogP contribution in [0.5, 0.6) is 0 Å². The van der Waals surface area contributed by atoms with Crippen LogP contribution in [0, 0.1) is 5.41 Å². The highest BCUT2D eigenvalue weighted by Gasteiger charge is 2.51. The maximum atomic E-state index is 9.33. The SMILES string of the molecule is CCCCCCCCCC12OCC(CO)(CO1)CO2. The van der Waals surface area contributed by atoms with E-state index in [4.69, 9.17) is 14.2 Å². The van der Waals surface area contributed by atoms with Crippen LogP contribution in [0.25, 0.3) is 0 Å². The van der Waals surface area contributed by atoms with Crippen molar-refractivity contribution in [3.63, 3.8) is 0 Å². The second-order valence-corrected chi connectivity index (χ2v) is 6.08. The Kier molecular flexibility index (Phi) is 5.63. The maximum Gasteiger partial charge on any atom is 0.282 e. The Hall–Kier alpha value is -0.160. The monoisotopic (exact) mass is 272 g/mol. The van der Waals surface area contributed by atoms with E-state index in [2.05, 4.69) is 6.92 Å². The Morgan fingerprint density at radius 2 is 1.37 bits per heavy atom. The molecule has 2 bridgehead atoms. The molecule has 0 atom stereocenters. The molecule has 3 fully saturated rings. The number of fused-ring (bicyclic) bond motifs is 3. The molecular formula is C15H28O4. The molecule has 0 amide bonds. The number of hydrogen-bond acceptors (Lipinski definition) is 4. The van der Waals surface area contributed by atoms with E-state index in [1.165, 1.54) is 38.5 Å². The molecule has 0 aromatic heterocycles. The molecule has 0 spiro atoms. The molecule has 4 heteroatoms. The Morgan fingerprint density at radius 3 is 1.89 bits per heavy atom. The van der Waals surface area contributed by atoms with E-state index in [0.717, 1.165) is 12.8 Å². The summed E-state index contributed by atoms with van der Waals surface area (Å²) in [5.41, 5.74) is -0.318. The zero-order valence-corrected chi connectivity index (χ0v) is 12.2. The highest BCUT2D eigenvalue weighted by molar-refractivity contribution is 4.87. The molecular weight excluding hydrogens is 244 g/mol. The van der Waals surface area contributed by atoms with Crippen molar-refractivity contribution in [2.45, 2.75) is 64.3 Å². The van der Waals surface area contributed by atoms with Gasteiger partial charge in [0.1, 0.15) is 0 Å². The first-order valence-corrected chi connectivity index (χ1v) is 7.77. The number of rotatable bonds is 9. The largest absolute Gasteiger partial charge is 0.396 e. The van der Waals surface area contributed by atoms with Crippen molar-refractivity contribution >= 4 is 0 Å². The van der Waals surface area contributed by atoms with Crippen molar-refractivity contribution in [2.75, 3.05) is 26.4 Å². The van der Waals surface area contributed by atoms with Gasteiger partial charge in [-0.2, -0.15) is 0 Å². The van der Waals surface area contributed by atoms with Gasteiger partial charge in [0.15, 0.2) is 0 Å². The maximum absolute atomic E-state index is 9.33. The minimum absolute atomic E-state index is 0.0699. The van der Waals surface area contributed by atoms with Crippen LogP contribution in [0.3, 0.4) is 0 Å². The standard InChI is InChI=1S/C15H28O4/c1-2-3-4-5-6-7-8-9-15-17-11-14(10-16,12-18-15)13-19-15/h16H,2-13H2,1H3. The minimum atomic E-state index is -0.805. The van der Waals surface area contributed by atoms with Gasteiger partial charge in [-0.05, 0) is 6.42 Å². The summed E-state index contributed by atoms with van der Waals surface area (Å²) in [5, 5.41) is 9.33. The topological polar surface area (TPSA) is 47.9 Å². The quantitative estimate of drug-likeness (QED) is 0.656. The van der Waals surface area contributed by atoms with Gasteiger partial charge in [-0.15, -0.1) is 0 Å². The lowest BCUT2D eigenvalue weighted by atomic mass is 9.89. The van der Waals surface area contributed by atoms with Crippen LogP contribution in [0.4, 0.5) is 0 Å². The lowest BCUT2D eigenvalue weighted by Gasteiger charge is -2.51. The van der Waals surface area contributed by atoms with Gasteiger partial charge in [0.05, 0.1) is 31.8 Å². The molecule has 3 aliphatic rings. The molecule has 4 nitrogen and oxygen atoms in total. The van der Waals surface area contributed by atoms with Crippen LogP contribution in [-0.4, -0.2) is 37.5 Å². The van der Waals surface area contributed by atoms with Crippen molar-refractivity contribution in [1.29, 1.82) is 0 Å². The number of ether oxygens (including phenoxy) is 3. The first kappa shape index (κ1) is 15.2. The van der Waals surface area contributed by atoms with Crippen LogP contribution in [0.2, 0.25) is 0 Å². The van der Waals surface area contributed by atoms with E-state index >= 15 is 0 Å². The smallest absolute Gasteiger partial charge is 0.282 e. The van der Waals surface area contributed by atoms with Gasteiger partial charge in [0.2, 0.25) is 0 Å². The summed E-state index contributed by atoms with van der Waals surface area (Å²) in [6.45, 7) is 3.98. The highest BCUT2D eigenvalue weighted by Crippen LogP contribution is 2.40. The molecule has 0 saturated carbocycles. The summed E-state index contributed by atoms with van der Waals surface area (Å²) in [6.07, 6.45) is 9.72. The van der Waals surface area contributed by atoms with Gasteiger partial charge < -0.3 is 19.3 Å². The summed E-state index contributed by atoms with van der Waals surface area (Å²) in [6, 6.07) is 0. The van der Waals surface area contributed by atoms with E-state index in [1.54, 1.807) is 0 Å². The molecule has 19 heavy (non-hydrogen) atoms. The van der Waals surface area contributed by atoms with Gasteiger partial charge >= 0.3 is 0 Å². The fourth-order valence-corrected chi connectivity index (χ4v) is 2.69. The second kappa shape index (κ2) is 7.02. The van der Waals surface area contributed by atoms with E-state index in [0.29, 0.717) is 19.8 Å². The summed E-state index contributed by atoms with van der Waals surface area (Å²) in [5.74, 6) is -0.805. The molecule has 3 rings (SSSR count). The van der Waals surface area contributed by atoms with Gasteiger partial charge in [0.25, 0.3) is 5.97 Å². The molecule has 3 aliphatic heterocycles. The third kappa shape index (κ3) is 3.91. The predicted octanol–water partition coefficient (Wildman–Crippen LogP) is 2.84. The van der Waals surface area contributed by atoms with E-state index in [9.17, 15) is 5.11 Å². The zero-order chi connectivity index (χ0) is 13.6. The van der Waals surface area contributed by atoms with E-state index < -0.39 is 5.97 Å². The molecule has 0 aromatic carbocycles. The molecule has 0 unspecified atom stereocenters. The van der Waals surface area contributed by atoms with Crippen LogP contribution >= 0.6 is 0 Å². The van der Waals surface area contributed by atoms with E-state index in [1.807, 2.05) is 0 Å². The summed E-state index contributed by atoms with van der Waals surface area (Å²) in [4.78, 5) is 0. The third-order valence-corrected chi connectivity index (χ3v) is 4.22. The van der Waals surface area contributed by atoms with Crippen LogP contribution in [-0.2, 0) is 14.2 Å². The first-order chi connectivity index (χ1) is 9.24. The zero-order valence-electron chi connectivity index (χ0n) is 12.2. The van der Waals surface area contributed by atoms with E-state index in [-0.39, 0.29) is 12.0 Å². The molecule has 1 N–H and O–H groups in total. The lowest BCUT2D eigenvalue weighted by molar-refractivity contribution is -0.472. The number of aliphatic hydroxyl groups excluding tert-OH is 1. The number of aliphatic hydroxyl groups is 1. The van der Waals surface area contributed by atoms with Crippen molar-refractivity contribution in [2.24, 2.45) is 5.41 Å².